The summed E-state index contributed by atoms with van der Waals surface area (Å²) in [4.78, 5) is 26.8. The number of nitrogens with one attached hydrogen (secondary N) is 1. The summed E-state index contributed by atoms with van der Waals surface area (Å²) in [6, 6.07) is 0. The molecule has 0 bridgehead atoms. The number of carbonyl (C=O) groups is 2. The first-order valence-corrected chi connectivity index (χ1v) is 3.81. The summed E-state index contributed by atoms with van der Waals surface area (Å²) in [6.07, 6.45) is 1.57. The quantitative estimate of drug-likeness (QED) is 0.575. The highest BCUT2D eigenvalue weighted by Crippen LogP contribution is 2.24. The molecule has 0 radical (unpaired) electrons. The van der Waals surface area contributed by atoms with Crippen molar-refractivity contribution in [1.82, 2.24) is 5.32 Å². The molecule has 6 heteroatoms. The van der Waals surface area contributed by atoms with E-state index in [2.05, 4.69) is 10.5 Å². The van der Waals surface area contributed by atoms with E-state index in [-0.39, 0.29) is 18.7 Å². The summed E-state index contributed by atoms with van der Waals surface area (Å²) in [5, 5.41) is 5.83. The average Bonchev–Trinajstić information content (AvgIpc) is 2.54. The zero-order chi connectivity index (χ0) is 9.90. The number of nitrogens with two attached hydrogens (primary N) is 1. The summed E-state index contributed by atoms with van der Waals surface area (Å²) >= 11 is 0. The standard InChI is InChI=1S/C7H11N3O3/c1-9-5(11)4-7(6(8)12)2-3-10-13-7/h3H,2,4H2,1H3,(H2,8,12)(H,9,11). The van der Waals surface area contributed by atoms with Gasteiger partial charge in [-0.15, -0.1) is 0 Å². The monoisotopic (exact) mass is 185 g/mol. The third kappa shape index (κ3) is 1.77. The van der Waals surface area contributed by atoms with E-state index in [9.17, 15) is 9.59 Å². The number of primary amides is 1. The molecule has 0 saturated heterocycles. The van der Waals surface area contributed by atoms with Crippen LogP contribution in [0.3, 0.4) is 0 Å². The Morgan fingerprint density at radius 2 is 2.46 bits per heavy atom. The Kier molecular flexibility index (Phi) is 2.50. The predicted molar refractivity (Wildman–Crippen MR) is 44.8 cm³/mol. The molecule has 0 aromatic carbocycles. The molecule has 0 spiro atoms. The second-order valence-electron chi connectivity index (χ2n) is 2.79. The lowest BCUT2D eigenvalue weighted by atomic mass is 9.95. The summed E-state index contributed by atoms with van der Waals surface area (Å²) < 4.78 is 0. The van der Waals surface area contributed by atoms with Crippen LogP contribution in [0.5, 0.6) is 0 Å². The van der Waals surface area contributed by atoms with Crippen LogP contribution in [0.2, 0.25) is 0 Å². The van der Waals surface area contributed by atoms with Crippen molar-refractivity contribution in [2.24, 2.45) is 10.9 Å². The molecule has 6 nitrogen and oxygen atoms in total. The Balaban J connectivity index is 2.69. The Morgan fingerprint density at radius 1 is 1.77 bits per heavy atom. The molecule has 0 fully saturated rings. The highest BCUT2D eigenvalue weighted by Gasteiger charge is 2.43. The second kappa shape index (κ2) is 3.42. The van der Waals surface area contributed by atoms with E-state index in [4.69, 9.17) is 10.6 Å². The largest absolute Gasteiger partial charge is 0.379 e. The molecule has 1 atom stereocenters. The number of hydrogen-bond donors (Lipinski definition) is 2. The molecule has 0 aromatic heterocycles. The topological polar surface area (TPSA) is 93.8 Å². The van der Waals surface area contributed by atoms with Crippen LogP contribution in [0.15, 0.2) is 5.16 Å². The molecule has 1 heterocycles. The van der Waals surface area contributed by atoms with E-state index in [0.717, 1.165) is 0 Å². The van der Waals surface area contributed by atoms with E-state index in [0.29, 0.717) is 0 Å². The van der Waals surface area contributed by atoms with E-state index in [1.54, 1.807) is 0 Å². The normalized spacial score (nSPS) is 25.3. The van der Waals surface area contributed by atoms with E-state index >= 15 is 0 Å². The lowest BCUT2D eigenvalue weighted by molar-refractivity contribution is -0.146. The lowest BCUT2D eigenvalue weighted by Crippen LogP contribution is -2.46. The number of amides is 2. The fourth-order valence-corrected chi connectivity index (χ4v) is 1.05. The first-order valence-electron chi connectivity index (χ1n) is 3.81. The van der Waals surface area contributed by atoms with Crippen LogP contribution in [-0.4, -0.2) is 30.7 Å². The highest BCUT2D eigenvalue weighted by atomic mass is 16.7. The molecule has 1 unspecified atom stereocenters. The molecule has 0 aliphatic carbocycles. The maximum atomic E-state index is 11.0. The fourth-order valence-electron chi connectivity index (χ4n) is 1.05. The molecular formula is C7H11N3O3. The summed E-state index contributed by atoms with van der Waals surface area (Å²) in [5.74, 6) is -0.974. The van der Waals surface area contributed by atoms with Crippen molar-refractivity contribution in [2.75, 3.05) is 7.05 Å². The van der Waals surface area contributed by atoms with Crippen molar-refractivity contribution in [3.8, 4) is 0 Å². The van der Waals surface area contributed by atoms with Gasteiger partial charge in [-0.25, -0.2) is 0 Å². The molecule has 1 rings (SSSR count). The van der Waals surface area contributed by atoms with E-state index in [1.807, 2.05) is 0 Å². The molecule has 2 amide bonds. The lowest BCUT2D eigenvalue weighted by Gasteiger charge is -2.21. The van der Waals surface area contributed by atoms with Crippen LogP contribution in [0.1, 0.15) is 12.8 Å². The van der Waals surface area contributed by atoms with Gasteiger partial charge >= 0.3 is 0 Å². The fraction of sp³-hybridized carbons (Fsp3) is 0.571. The zero-order valence-electron chi connectivity index (χ0n) is 7.24. The molecule has 72 valence electrons. The van der Waals surface area contributed by atoms with Gasteiger partial charge in [0.05, 0.1) is 6.42 Å². The number of oxime groups is 1. The molecular weight excluding hydrogens is 174 g/mol. The number of rotatable bonds is 3. The second-order valence-corrected chi connectivity index (χ2v) is 2.79. The Hall–Kier alpha value is -1.59. The van der Waals surface area contributed by atoms with Crippen LogP contribution >= 0.6 is 0 Å². The van der Waals surface area contributed by atoms with Crippen molar-refractivity contribution in [2.45, 2.75) is 18.4 Å². The third-order valence-electron chi connectivity index (χ3n) is 1.90. The van der Waals surface area contributed by atoms with E-state index < -0.39 is 11.5 Å². The van der Waals surface area contributed by atoms with Crippen LogP contribution < -0.4 is 11.1 Å². The minimum atomic E-state index is -1.28. The van der Waals surface area contributed by atoms with Gasteiger partial charge in [-0.3, -0.25) is 9.59 Å². The van der Waals surface area contributed by atoms with Crippen molar-refractivity contribution in [1.29, 1.82) is 0 Å². The summed E-state index contributed by atoms with van der Waals surface area (Å²) in [7, 11) is 1.48. The van der Waals surface area contributed by atoms with Crippen molar-refractivity contribution in [3.63, 3.8) is 0 Å². The van der Waals surface area contributed by atoms with Gasteiger partial charge in [-0.05, 0) is 0 Å². The SMILES string of the molecule is CNC(=O)CC1(C(N)=O)CC=NO1. The van der Waals surface area contributed by atoms with Crippen LogP contribution in [0, 0.1) is 0 Å². The molecule has 0 saturated carbocycles. The zero-order valence-corrected chi connectivity index (χ0v) is 7.24. The van der Waals surface area contributed by atoms with Gasteiger partial charge in [-0.2, -0.15) is 0 Å². The van der Waals surface area contributed by atoms with Gasteiger partial charge in [0.25, 0.3) is 5.91 Å². The Bertz CT molecular complexity index is 254. The minimum absolute atomic E-state index is 0.0984. The third-order valence-corrected chi connectivity index (χ3v) is 1.90. The van der Waals surface area contributed by atoms with E-state index in [1.165, 1.54) is 13.3 Å². The Labute approximate surface area is 75.1 Å². The molecule has 1 aliphatic rings. The highest BCUT2D eigenvalue weighted by molar-refractivity contribution is 5.93. The van der Waals surface area contributed by atoms with Gasteiger partial charge < -0.3 is 15.9 Å². The number of hydrogen-bond acceptors (Lipinski definition) is 4. The molecule has 13 heavy (non-hydrogen) atoms. The maximum Gasteiger partial charge on any atom is 0.265 e. The van der Waals surface area contributed by atoms with Gasteiger partial charge in [0.1, 0.15) is 0 Å². The van der Waals surface area contributed by atoms with Gasteiger partial charge in [0, 0.05) is 19.7 Å². The van der Waals surface area contributed by atoms with Crippen LogP contribution in [0.4, 0.5) is 0 Å². The average molecular weight is 185 g/mol. The minimum Gasteiger partial charge on any atom is -0.379 e. The predicted octanol–water partition coefficient (Wildman–Crippen LogP) is -1.25. The Morgan fingerprint density at radius 3 is 2.85 bits per heavy atom. The van der Waals surface area contributed by atoms with Crippen molar-refractivity contribution in [3.05, 3.63) is 0 Å². The molecule has 1 aliphatic heterocycles. The first-order chi connectivity index (χ1) is 6.10. The summed E-state index contributed by atoms with van der Waals surface area (Å²) in [6.45, 7) is 0. The molecule has 0 aromatic rings. The van der Waals surface area contributed by atoms with Crippen LogP contribution in [-0.2, 0) is 14.4 Å². The first kappa shape index (κ1) is 9.50. The molecule has 3 N–H and O–H groups in total. The van der Waals surface area contributed by atoms with Crippen LogP contribution in [0.25, 0.3) is 0 Å². The van der Waals surface area contributed by atoms with Gasteiger partial charge in [0.15, 0.2) is 0 Å². The van der Waals surface area contributed by atoms with Gasteiger partial charge in [0.2, 0.25) is 11.5 Å². The number of nitrogens with zero attached hydrogens (tertiary/aromatic N) is 1. The summed E-state index contributed by atoms with van der Waals surface area (Å²) in [5.41, 5.74) is 3.83. The number of carbonyl (C=O) groups excluding carboxylic acids is 2. The maximum absolute atomic E-state index is 11.0. The smallest absolute Gasteiger partial charge is 0.265 e. The van der Waals surface area contributed by atoms with Gasteiger partial charge in [-0.1, -0.05) is 5.16 Å². The van der Waals surface area contributed by atoms with Crippen molar-refractivity contribution < 1.29 is 14.4 Å². The van der Waals surface area contributed by atoms with Crippen molar-refractivity contribution >= 4 is 18.0 Å².